The molecule has 1 heterocycles. The van der Waals surface area contributed by atoms with Crippen molar-refractivity contribution in [3.63, 3.8) is 0 Å². The molecule has 1 N–H and O–H groups in total. The zero-order valence-corrected chi connectivity index (χ0v) is 15.9. The van der Waals surface area contributed by atoms with E-state index in [9.17, 15) is 9.59 Å². The first-order chi connectivity index (χ1) is 12.1. The molecule has 3 rings (SSSR count). The lowest BCUT2D eigenvalue weighted by molar-refractivity contribution is -0.111. The summed E-state index contributed by atoms with van der Waals surface area (Å²) in [4.78, 5) is 26.2. The maximum Gasteiger partial charge on any atom is 0.254 e. The Bertz CT molecular complexity index is 802. The zero-order chi connectivity index (χ0) is 17.8. The fourth-order valence-electron chi connectivity index (χ4n) is 3.13. The summed E-state index contributed by atoms with van der Waals surface area (Å²) >= 11 is 2.33. The molecule has 1 unspecified atom stereocenters. The molecule has 2 aromatic rings. The van der Waals surface area contributed by atoms with Crippen LogP contribution in [0.4, 0.5) is 5.69 Å². The highest BCUT2D eigenvalue weighted by Gasteiger charge is 2.31. The van der Waals surface area contributed by atoms with E-state index in [4.69, 9.17) is 0 Å². The third kappa shape index (κ3) is 3.92. The lowest BCUT2D eigenvalue weighted by Gasteiger charge is -2.26. The molecule has 0 aliphatic carbocycles. The highest BCUT2D eigenvalue weighted by atomic mass is 127. The van der Waals surface area contributed by atoms with Crippen molar-refractivity contribution in [2.45, 2.75) is 18.9 Å². The molecule has 1 atom stereocenters. The van der Waals surface area contributed by atoms with E-state index >= 15 is 0 Å². The Kier molecular flexibility index (Phi) is 5.53. The van der Waals surface area contributed by atoms with Gasteiger partial charge >= 0.3 is 0 Å². The maximum atomic E-state index is 13.0. The Hall–Kier alpha value is -2.15. The molecular weight excluding hydrogens is 427 g/mol. The molecule has 25 heavy (non-hydrogen) atoms. The van der Waals surface area contributed by atoms with Crippen LogP contribution in [-0.2, 0) is 4.79 Å². The molecule has 1 aliphatic heterocycles. The summed E-state index contributed by atoms with van der Waals surface area (Å²) in [5.41, 5.74) is 2.50. The molecule has 1 aliphatic rings. The topological polar surface area (TPSA) is 49.4 Å². The number of likely N-dealkylation sites (tertiary alicyclic amines) is 1. The third-order valence-electron chi connectivity index (χ3n) is 4.36. The summed E-state index contributed by atoms with van der Waals surface area (Å²) in [6, 6.07) is 15.3. The summed E-state index contributed by atoms with van der Waals surface area (Å²) in [6.07, 6.45) is 3.21. The van der Waals surface area contributed by atoms with E-state index in [1.807, 2.05) is 17.0 Å². The monoisotopic (exact) mass is 446 g/mol. The van der Waals surface area contributed by atoms with Crippen molar-refractivity contribution >= 4 is 40.1 Å². The second kappa shape index (κ2) is 7.82. The second-order valence-corrected chi connectivity index (χ2v) is 7.11. The van der Waals surface area contributed by atoms with Gasteiger partial charge in [-0.2, -0.15) is 0 Å². The lowest BCUT2D eigenvalue weighted by Crippen LogP contribution is -2.30. The molecule has 0 radical (unpaired) electrons. The van der Waals surface area contributed by atoms with Gasteiger partial charge in [-0.25, -0.2) is 0 Å². The molecular formula is C20H19IN2O2. The zero-order valence-electron chi connectivity index (χ0n) is 13.7. The number of anilines is 1. The van der Waals surface area contributed by atoms with Gasteiger partial charge in [-0.3, -0.25) is 9.59 Å². The number of hydrogen-bond acceptors (Lipinski definition) is 2. The Morgan fingerprint density at radius 2 is 1.88 bits per heavy atom. The number of carbonyl (C=O) groups is 2. The molecule has 128 valence electrons. The fraction of sp³-hybridized carbons (Fsp3) is 0.200. The van der Waals surface area contributed by atoms with Crippen LogP contribution in [0.2, 0.25) is 0 Å². The van der Waals surface area contributed by atoms with Crippen LogP contribution in [0.3, 0.4) is 0 Å². The Morgan fingerprint density at radius 1 is 1.16 bits per heavy atom. The molecule has 0 spiro atoms. The van der Waals surface area contributed by atoms with Gasteiger partial charge in [0.1, 0.15) is 0 Å². The maximum absolute atomic E-state index is 13.0. The van der Waals surface area contributed by atoms with Gasteiger partial charge in [0.2, 0.25) is 5.91 Å². The van der Waals surface area contributed by atoms with Crippen LogP contribution in [0.25, 0.3) is 0 Å². The van der Waals surface area contributed by atoms with E-state index < -0.39 is 0 Å². The minimum atomic E-state index is -0.266. The third-order valence-corrected chi connectivity index (χ3v) is 5.35. The minimum Gasteiger partial charge on any atom is -0.332 e. The average Bonchev–Trinajstić information content (AvgIpc) is 3.11. The van der Waals surface area contributed by atoms with Crippen LogP contribution in [0.15, 0.2) is 61.2 Å². The largest absolute Gasteiger partial charge is 0.332 e. The standard InChI is InChI=1S/C20H19IN2O2/c1-2-19(24)22-15-11-9-14(10-12-15)20(25)23-13-5-8-18(23)16-6-3-4-7-17(16)21/h2-4,6-7,9-12,18H,1,5,8,13H2,(H,22,24). The van der Waals surface area contributed by atoms with Gasteiger partial charge < -0.3 is 10.2 Å². The predicted octanol–water partition coefficient (Wildman–Crippen LogP) is 4.39. The molecule has 1 saturated heterocycles. The highest BCUT2D eigenvalue weighted by Crippen LogP contribution is 2.35. The molecule has 0 bridgehead atoms. The first kappa shape index (κ1) is 17.7. The van der Waals surface area contributed by atoms with E-state index in [-0.39, 0.29) is 17.9 Å². The van der Waals surface area contributed by atoms with Gasteiger partial charge in [-0.05, 0) is 77.4 Å². The van der Waals surface area contributed by atoms with Crippen LogP contribution < -0.4 is 5.32 Å². The van der Waals surface area contributed by atoms with Crippen molar-refractivity contribution in [3.05, 3.63) is 75.9 Å². The quantitative estimate of drug-likeness (QED) is 0.560. The average molecular weight is 446 g/mol. The van der Waals surface area contributed by atoms with Crippen LogP contribution in [0.1, 0.15) is 34.8 Å². The Morgan fingerprint density at radius 3 is 2.56 bits per heavy atom. The SMILES string of the molecule is C=CC(=O)Nc1ccc(C(=O)N2CCCC2c2ccccc2I)cc1. The van der Waals surface area contributed by atoms with Gasteiger partial charge in [0.15, 0.2) is 0 Å². The molecule has 2 aromatic carbocycles. The Balaban J connectivity index is 1.79. The minimum absolute atomic E-state index is 0.0313. The second-order valence-electron chi connectivity index (χ2n) is 5.95. The van der Waals surface area contributed by atoms with Crippen LogP contribution in [0.5, 0.6) is 0 Å². The van der Waals surface area contributed by atoms with Crippen molar-refractivity contribution in [1.82, 2.24) is 4.90 Å². The lowest BCUT2D eigenvalue weighted by atomic mass is 10.0. The van der Waals surface area contributed by atoms with Gasteiger partial charge in [0, 0.05) is 21.4 Å². The van der Waals surface area contributed by atoms with Gasteiger partial charge in [0.05, 0.1) is 6.04 Å². The van der Waals surface area contributed by atoms with E-state index in [1.54, 1.807) is 24.3 Å². The van der Waals surface area contributed by atoms with Crippen molar-refractivity contribution in [1.29, 1.82) is 0 Å². The number of benzene rings is 2. The van der Waals surface area contributed by atoms with Crippen molar-refractivity contribution in [2.24, 2.45) is 0 Å². The number of nitrogens with zero attached hydrogens (tertiary/aromatic N) is 1. The van der Waals surface area contributed by atoms with Gasteiger partial charge in [-0.1, -0.05) is 24.8 Å². The molecule has 5 heteroatoms. The summed E-state index contributed by atoms with van der Waals surface area (Å²) < 4.78 is 1.19. The summed E-state index contributed by atoms with van der Waals surface area (Å²) in [6.45, 7) is 4.19. The normalized spacial score (nSPS) is 16.5. The van der Waals surface area contributed by atoms with E-state index in [0.717, 1.165) is 19.4 Å². The van der Waals surface area contributed by atoms with Crippen molar-refractivity contribution in [3.8, 4) is 0 Å². The van der Waals surface area contributed by atoms with Crippen molar-refractivity contribution < 1.29 is 9.59 Å². The summed E-state index contributed by atoms with van der Waals surface area (Å²) in [5, 5.41) is 2.69. The first-order valence-electron chi connectivity index (χ1n) is 8.19. The summed E-state index contributed by atoms with van der Waals surface area (Å²) in [5.74, 6) is -0.235. The van der Waals surface area contributed by atoms with Gasteiger partial charge in [-0.15, -0.1) is 0 Å². The number of hydrogen-bond donors (Lipinski definition) is 1. The van der Waals surface area contributed by atoms with E-state index in [2.05, 4.69) is 46.6 Å². The summed E-state index contributed by atoms with van der Waals surface area (Å²) in [7, 11) is 0. The molecule has 0 aromatic heterocycles. The molecule has 4 nitrogen and oxygen atoms in total. The predicted molar refractivity (Wildman–Crippen MR) is 107 cm³/mol. The number of nitrogens with one attached hydrogen (secondary N) is 1. The highest BCUT2D eigenvalue weighted by molar-refractivity contribution is 14.1. The van der Waals surface area contributed by atoms with Crippen LogP contribution in [0, 0.1) is 3.57 Å². The number of halogens is 1. The van der Waals surface area contributed by atoms with E-state index in [1.165, 1.54) is 15.2 Å². The van der Waals surface area contributed by atoms with Crippen molar-refractivity contribution in [2.75, 3.05) is 11.9 Å². The first-order valence-corrected chi connectivity index (χ1v) is 9.27. The number of amides is 2. The smallest absolute Gasteiger partial charge is 0.254 e. The van der Waals surface area contributed by atoms with Crippen LogP contribution >= 0.6 is 22.6 Å². The Labute approximate surface area is 161 Å². The molecule has 0 saturated carbocycles. The fourth-order valence-corrected chi connectivity index (χ4v) is 3.88. The number of rotatable bonds is 4. The van der Waals surface area contributed by atoms with Gasteiger partial charge in [0.25, 0.3) is 5.91 Å². The molecule has 1 fully saturated rings. The molecule has 2 amide bonds. The number of carbonyl (C=O) groups excluding carboxylic acids is 2. The van der Waals surface area contributed by atoms with Crippen LogP contribution in [-0.4, -0.2) is 23.3 Å². The van der Waals surface area contributed by atoms with E-state index in [0.29, 0.717) is 11.3 Å².